The van der Waals surface area contributed by atoms with Gasteiger partial charge in [-0.3, -0.25) is 14.4 Å². The van der Waals surface area contributed by atoms with E-state index in [1.54, 1.807) is 12.1 Å². The average molecular weight is 360 g/mol. The van der Waals surface area contributed by atoms with Crippen LogP contribution in [0.5, 0.6) is 0 Å². The lowest BCUT2D eigenvalue weighted by atomic mass is 9.93. The SMILES string of the molecule is O=C1C2=C(CCCC2)C(=O)N1COC(=O)C1(c2ccc(Cl)cc2)CC1. The monoisotopic (exact) mass is 359 g/mol. The van der Waals surface area contributed by atoms with Gasteiger partial charge in [0.05, 0.1) is 5.41 Å². The summed E-state index contributed by atoms with van der Waals surface area (Å²) in [6, 6.07) is 7.14. The highest BCUT2D eigenvalue weighted by atomic mass is 35.5. The predicted molar refractivity (Wildman–Crippen MR) is 90.7 cm³/mol. The smallest absolute Gasteiger partial charge is 0.318 e. The van der Waals surface area contributed by atoms with Crippen LogP contribution in [-0.2, 0) is 24.5 Å². The van der Waals surface area contributed by atoms with Gasteiger partial charge in [0.2, 0.25) is 0 Å². The van der Waals surface area contributed by atoms with E-state index in [9.17, 15) is 14.4 Å². The first-order valence-corrected chi connectivity index (χ1v) is 8.92. The molecule has 0 spiro atoms. The number of amides is 2. The van der Waals surface area contributed by atoms with Gasteiger partial charge in [-0.05, 0) is 56.2 Å². The fourth-order valence-electron chi connectivity index (χ4n) is 3.68. The summed E-state index contributed by atoms with van der Waals surface area (Å²) in [5, 5.41) is 0.609. The summed E-state index contributed by atoms with van der Waals surface area (Å²) in [7, 11) is 0. The van der Waals surface area contributed by atoms with E-state index < -0.39 is 5.41 Å². The van der Waals surface area contributed by atoms with Crippen LogP contribution in [0, 0.1) is 0 Å². The molecular formula is C19H18ClNO4. The Hall–Kier alpha value is -2.14. The first kappa shape index (κ1) is 16.3. The second-order valence-electron chi connectivity index (χ2n) is 6.85. The number of nitrogens with zero attached hydrogens (tertiary/aromatic N) is 1. The molecule has 1 aromatic rings. The molecule has 25 heavy (non-hydrogen) atoms. The van der Waals surface area contributed by atoms with Crippen molar-refractivity contribution in [3.63, 3.8) is 0 Å². The Labute approximate surface area is 150 Å². The van der Waals surface area contributed by atoms with Gasteiger partial charge in [-0.1, -0.05) is 23.7 Å². The maximum atomic E-state index is 12.6. The van der Waals surface area contributed by atoms with Crippen molar-refractivity contribution < 1.29 is 19.1 Å². The molecule has 1 heterocycles. The Morgan fingerprint density at radius 2 is 1.60 bits per heavy atom. The number of hydrogen-bond acceptors (Lipinski definition) is 4. The van der Waals surface area contributed by atoms with Crippen LogP contribution in [0.25, 0.3) is 0 Å². The highest BCUT2D eigenvalue weighted by Crippen LogP contribution is 2.49. The van der Waals surface area contributed by atoms with Gasteiger partial charge >= 0.3 is 5.97 Å². The normalized spacial score (nSPS) is 21.4. The highest BCUT2D eigenvalue weighted by molar-refractivity contribution is 6.30. The Morgan fingerprint density at radius 1 is 1.04 bits per heavy atom. The van der Waals surface area contributed by atoms with E-state index in [1.807, 2.05) is 12.1 Å². The number of ether oxygens (including phenoxy) is 1. The molecule has 4 rings (SSSR count). The zero-order chi connectivity index (χ0) is 17.6. The van der Waals surface area contributed by atoms with Crippen molar-refractivity contribution in [3.8, 4) is 0 Å². The van der Waals surface area contributed by atoms with Gasteiger partial charge in [0.1, 0.15) is 0 Å². The van der Waals surface area contributed by atoms with Crippen molar-refractivity contribution in [2.75, 3.05) is 6.73 Å². The van der Waals surface area contributed by atoms with Crippen molar-refractivity contribution in [1.29, 1.82) is 0 Å². The highest BCUT2D eigenvalue weighted by Gasteiger charge is 2.53. The summed E-state index contributed by atoms with van der Waals surface area (Å²) < 4.78 is 5.37. The van der Waals surface area contributed by atoms with Crippen molar-refractivity contribution >= 4 is 29.4 Å². The summed E-state index contributed by atoms with van der Waals surface area (Å²) in [5.74, 6) is -0.993. The zero-order valence-corrected chi connectivity index (χ0v) is 14.5. The molecule has 0 radical (unpaired) electrons. The van der Waals surface area contributed by atoms with Gasteiger partial charge < -0.3 is 4.74 Å². The minimum absolute atomic E-state index is 0.302. The Bertz CT molecular complexity index is 764. The van der Waals surface area contributed by atoms with Gasteiger partial charge in [0, 0.05) is 16.2 Å². The Morgan fingerprint density at radius 3 is 2.12 bits per heavy atom. The molecule has 3 aliphatic rings. The molecule has 0 saturated heterocycles. The molecule has 0 N–H and O–H groups in total. The van der Waals surface area contributed by atoms with Gasteiger partial charge in [0.15, 0.2) is 6.73 Å². The van der Waals surface area contributed by atoms with Crippen LogP contribution in [0.15, 0.2) is 35.4 Å². The molecule has 1 fully saturated rings. The van der Waals surface area contributed by atoms with Crippen LogP contribution in [-0.4, -0.2) is 29.4 Å². The third-order valence-electron chi connectivity index (χ3n) is 5.34. The molecule has 0 unspecified atom stereocenters. The summed E-state index contributed by atoms with van der Waals surface area (Å²) in [5.41, 5.74) is 1.40. The number of esters is 1. The van der Waals surface area contributed by atoms with E-state index in [4.69, 9.17) is 16.3 Å². The van der Waals surface area contributed by atoms with Crippen LogP contribution in [0.1, 0.15) is 44.1 Å². The lowest BCUT2D eigenvalue weighted by Gasteiger charge is -2.19. The molecule has 1 aliphatic heterocycles. The number of carbonyl (C=O) groups is 3. The predicted octanol–water partition coefficient (Wildman–Crippen LogP) is 3.11. The van der Waals surface area contributed by atoms with Crippen molar-refractivity contribution in [2.24, 2.45) is 0 Å². The number of halogens is 1. The Kier molecular flexibility index (Phi) is 3.91. The fraction of sp³-hybridized carbons (Fsp3) is 0.421. The summed E-state index contributed by atoms with van der Waals surface area (Å²) in [4.78, 5) is 38.4. The molecule has 130 valence electrons. The maximum Gasteiger partial charge on any atom is 0.318 e. The standard InChI is InChI=1S/C19H18ClNO4/c20-13-7-5-12(6-8-13)19(9-10-19)18(24)25-11-21-16(22)14-3-1-2-4-15(14)17(21)23/h5-8H,1-4,9-11H2. The summed E-state index contributed by atoms with van der Waals surface area (Å²) >= 11 is 5.90. The van der Waals surface area contributed by atoms with Crippen molar-refractivity contribution in [1.82, 2.24) is 4.90 Å². The van der Waals surface area contributed by atoms with Crippen LogP contribution < -0.4 is 0 Å². The van der Waals surface area contributed by atoms with Crippen LogP contribution >= 0.6 is 11.6 Å². The number of hydrogen-bond donors (Lipinski definition) is 0. The van der Waals surface area contributed by atoms with Crippen LogP contribution in [0.4, 0.5) is 0 Å². The molecule has 1 saturated carbocycles. The summed E-state index contributed by atoms with van der Waals surface area (Å²) in [6.07, 6.45) is 4.52. The lowest BCUT2D eigenvalue weighted by molar-refractivity contribution is -0.157. The second kappa shape index (κ2) is 5.99. The first-order valence-electron chi connectivity index (χ1n) is 8.54. The molecule has 6 heteroatoms. The van der Waals surface area contributed by atoms with Gasteiger partial charge in [-0.2, -0.15) is 0 Å². The van der Waals surface area contributed by atoms with Gasteiger partial charge in [-0.25, -0.2) is 4.90 Å². The van der Waals surface area contributed by atoms with E-state index in [0.29, 0.717) is 41.9 Å². The van der Waals surface area contributed by atoms with E-state index >= 15 is 0 Å². The third-order valence-corrected chi connectivity index (χ3v) is 5.59. The van der Waals surface area contributed by atoms with E-state index in [2.05, 4.69) is 0 Å². The average Bonchev–Trinajstić information content (AvgIpc) is 3.39. The number of benzene rings is 1. The Balaban J connectivity index is 1.44. The number of carbonyl (C=O) groups excluding carboxylic acids is 3. The molecular weight excluding hydrogens is 342 g/mol. The fourth-order valence-corrected chi connectivity index (χ4v) is 3.80. The zero-order valence-electron chi connectivity index (χ0n) is 13.7. The topological polar surface area (TPSA) is 63.7 Å². The number of rotatable bonds is 4. The minimum atomic E-state index is -0.663. The quantitative estimate of drug-likeness (QED) is 0.612. The number of imide groups is 1. The van der Waals surface area contributed by atoms with E-state index in [0.717, 1.165) is 23.3 Å². The first-order chi connectivity index (χ1) is 12.0. The minimum Gasteiger partial charge on any atom is -0.443 e. The van der Waals surface area contributed by atoms with Crippen molar-refractivity contribution in [2.45, 2.75) is 43.9 Å². The van der Waals surface area contributed by atoms with Crippen LogP contribution in [0.2, 0.25) is 5.02 Å². The molecule has 5 nitrogen and oxygen atoms in total. The van der Waals surface area contributed by atoms with E-state index in [1.165, 1.54) is 0 Å². The van der Waals surface area contributed by atoms with Crippen molar-refractivity contribution in [3.05, 3.63) is 46.0 Å². The van der Waals surface area contributed by atoms with Gasteiger partial charge in [-0.15, -0.1) is 0 Å². The maximum absolute atomic E-state index is 12.6. The van der Waals surface area contributed by atoms with Crippen LogP contribution in [0.3, 0.4) is 0 Å². The largest absolute Gasteiger partial charge is 0.443 e. The molecule has 0 aromatic heterocycles. The molecule has 2 amide bonds. The second-order valence-corrected chi connectivity index (χ2v) is 7.29. The van der Waals surface area contributed by atoms with E-state index in [-0.39, 0.29) is 24.5 Å². The molecule has 0 atom stereocenters. The lowest BCUT2D eigenvalue weighted by Crippen LogP contribution is -2.36. The van der Waals surface area contributed by atoms with Gasteiger partial charge in [0.25, 0.3) is 11.8 Å². The summed E-state index contributed by atoms with van der Waals surface area (Å²) in [6.45, 7) is -0.307. The molecule has 0 bridgehead atoms. The molecule has 2 aliphatic carbocycles. The third kappa shape index (κ3) is 2.67. The molecule has 1 aromatic carbocycles.